The highest BCUT2D eigenvalue weighted by molar-refractivity contribution is 6.00. The molecule has 0 aliphatic heterocycles. The largest absolute Gasteiger partial charge is 0.440 e. The Hall–Kier alpha value is -3.08. The zero-order chi connectivity index (χ0) is 15.0. The maximum Gasteiger partial charge on any atom is 0.258 e. The van der Waals surface area contributed by atoms with Crippen LogP contribution in [0.1, 0.15) is 10.4 Å². The summed E-state index contributed by atoms with van der Waals surface area (Å²) in [4.78, 5) is 23.7. The number of rotatable bonds is 2. The number of anilines is 1. The zero-order valence-corrected chi connectivity index (χ0v) is 11.0. The summed E-state index contributed by atoms with van der Waals surface area (Å²) in [6.07, 6.45) is 0. The van der Waals surface area contributed by atoms with Crippen LogP contribution in [0.2, 0.25) is 0 Å². The lowest BCUT2D eigenvalue weighted by Crippen LogP contribution is -2.23. The molecule has 0 aliphatic carbocycles. The standard InChI is InChI=1S/C16H12N2O3/c17-15(20)13-14(19)11-8-10(9-4-2-1-3-5-9)6-7-12(11)21-16(13)18/h1-8H,18H2,(H2,17,20). The number of benzene rings is 2. The summed E-state index contributed by atoms with van der Waals surface area (Å²) < 4.78 is 5.30. The summed E-state index contributed by atoms with van der Waals surface area (Å²) in [5.41, 5.74) is 12.0. The third-order valence-electron chi connectivity index (χ3n) is 3.27. The molecule has 5 nitrogen and oxygen atoms in total. The molecule has 1 aromatic heterocycles. The summed E-state index contributed by atoms with van der Waals surface area (Å²) in [7, 11) is 0. The summed E-state index contributed by atoms with van der Waals surface area (Å²) in [5, 5.41) is 0.277. The summed E-state index contributed by atoms with van der Waals surface area (Å²) in [6.45, 7) is 0. The second-order valence-corrected chi connectivity index (χ2v) is 4.61. The van der Waals surface area contributed by atoms with Crippen molar-refractivity contribution >= 4 is 22.8 Å². The number of fused-ring (bicyclic) bond motifs is 1. The Morgan fingerprint density at radius 1 is 1.00 bits per heavy atom. The van der Waals surface area contributed by atoms with Gasteiger partial charge >= 0.3 is 0 Å². The average Bonchev–Trinajstić information content (AvgIpc) is 2.47. The first kappa shape index (κ1) is 12.9. The molecule has 0 fully saturated rings. The molecule has 0 bridgehead atoms. The van der Waals surface area contributed by atoms with Crippen molar-refractivity contribution in [1.82, 2.24) is 0 Å². The van der Waals surface area contributed by atoms with Gasteiger partial charge in [0.25, 0.3) is 5.91 Å². The van der Waals surface area contributed by atoms with E-state index in [1.165, 1.54) is 0 Å². The van der Waals surface area contributed by atoms with Crippen LogP contribution >= 0.6 is 0 Å². The van der Waals surface area contributed by atoms with Crippen molar-refractivity contribution in [3.05, 3.63) is 64.3 Å². The van der Waals surface area contributed by atoms with Gasteiger partial charge in [0.05, 0.1) is 5.39 Å². The van der Waals surface area contributed by atoms with Crippen LogP contribution in [0.5, 0.6) is 0 Å². The molecule has 0 unspecified atom stereocenters. The van der Waals surface area contributed by atoms with Crippen molar-refractivity contribution in [2.75, 3.05) is 5.73 Å². The maximum absolute atomic E-state index is 12.3. The Kier molecular flexibility index (Phi) is 2.95. The minimum absolute atomic E-state index is 0.257. The Labute approximate surface area is 119 Å². The van der Waals surface area contributed by atoms with Crippen LogP contribution in [0.15, 0.2) is 57.7 Å². The Morgan fingerprint density at radius 2 is 1.71 bits per heavy atom. The lowest BCUT2D eigenvalue weighted by Gasteiger charge is -2.06. The SMILES string of the molecule is NC(=O)c1c(N)oc2ccc(-c3ccccc3)cc2c1=O. The van der Waals surface area contributed by atoms with Gasteiger partial charge in [-0.2, -0.15) is 0 Å². The van der Waals surface area contributed by atoms with Crippen LogP contribution in [0.25, 0.3) is 22.1 Å². The average molecular weight is 280 g/mol. The molecular formula is C16H12N2O3. The third-order valence-corrected chi connectivity index (χ3v) is 3.27. The molecule has 21 heavy (non-hydrogen) atoms. The molecule has 3 aromatic rings. The van der Waals surface area contributed by atoms with E-state index >= 15 is 0 Å². The monoisotopic (exact) mass is 280 g/mol. The van der Waals surface area contributed by atoms with Crippen molar-refractivity contribution in [1.29, 1.82) is 0 Å². The van der Waals surface area contributed by atoms with E-state index in [0.717, 1.165) is 11.1 Å². The first-order chi connectivity index (χ1) is 10.1. The van der Waals surface area contributed by atoms with Gasteiger partial charge in [-0.25, -0.2) is 0 Å². The molecule has 3 rings (SSSR count). The van der Waals surface area contributed by atoms with E-state index < -0.39 is 11.3 Å². The van der Waals surface area contributed by atoms with Gasteiger partial charge in [0, 0.05) is 0 Å². The van der Waals surface area contributed by atoms with Gasteiger partial charge in [0.1, 0.15) is 11.1 Å². The van der Waals surface area contributed by atoms with Crippen molar-refractivity contribution in [3.63, 3.8) is 0 Å². The summed E-state index contributed by atoms with van der Waals surface area (Å²) in [5.74, 6) is -1.15. The van der Waals surface area contributed by atoms with E-state index in [4.69, 9.17) is 15.9 Å². The van der Waals surface area contributed by atoms with Gasteiger partial charge in [0.15, 0.2) is 0 Å². The van der Waals surface area contributed by atoms with Gasteiger partial charge in [-0.1, -0.05) is 36.4 Å². The Balaban J connectivity index is 2.31. The fraction of sp³-hybridized carbons (Fsp3) is 0. The minimum atomic E-state index is -0.895. The highest BCUT2D eigenvalue weighted by Gasteiger charge is 2.17. The number of carbonyl (C=O) groups is 1. The highest BCUT2D eigenvalue weighted by atomic mass is 16.3. The van der Waals surface area contributed by atoms with E-state index in [2.05, 4.69) is 0 Å². The molecular weight excluding hydrogens is 268 g/mol. The van der Waals surface area contributed by atoms with Crippen LogP contribution in [-0.2, 0) is 0 Å². The topological polar surface area (TPSA) is 99.3 Å². The number of hydrogen-bond donors (Lipinski definition) is 2. The molecule has 0 aliphatic rings. The maximum atomic E-state index is 12.3. The predicted octanol–water partition coefficient (Wildman–Crippen LogP) is 2.14. The second kappa shape index (κ2) is 4.79. The summed E-state index contributed by atoms with van der Waals surface area (Å²) in [6, 6.07) is 14.7. The number of carbonyl (C=O) groups excluding carboxylic acids is 1. The first-order valence-corrected chi connectivity index (χ1v) is 6.29. The minimum Gasteiger partial charge on any atom is -0.440 e. The number of nitrogens with two attached hydrogens (primary N) is 2. The normalized spacial score (nSPS) is 10.7. The molecule has 0 saturated carbocycles. The number of primary amides is 1. The van der Waals surface area contributed by atoms with E-state index in [9.17, 15) is 9.59 Å². The smallest absolute Gasteiger partial charge is 0.258 e. The number of amides is 1. The Morgan fingerprint density at radius 3 is 2.38 bits per heavy atom. The molecule has 2 aromatic carbocycles. The lowest BCUT2D eigenvalue weighted by molar-refractivity contribution is 0.0999. The van der Waals surface area contributed by atoms with Crippen LogP contribution in [0, 0.1) is 0 Å². The molecule has 5 heteroatoms. The lowest BCUT2D eigenvalue weighted by atomic mass is 10.0. The molecule has 1 heterocycles. The van der Waals surface area contributed by atoms with Crippen LogP contribution < -0.4 is 16.9 Å². The van der Waals surface area contributed by atoms with Crippen LogP contribution in [0.4, 0.5) is 5.88 Å². The van der Waals surface area contributed by atoms with E-state index in [-0.39, 0.29) is 16.8 Å². The fourth-order valence-electron chi connectivity index (χ4n) is 2.26. The Bertz CT molecular complexity index is 899. The van der Waals surface area contributed by atoms with Crippen molar-refractivity contribution in [2.45, 2.75) is 0 Å². The zero-order valence-electron chi connectivity index (χ0n) is 11.0. The van der Waals surface area contributed by atoms with Gasteiger partial charge in [-0.05, 0) is 23.3 Å². The van der Waals surface area contributed by atoms with E-state index in [1.54, 1.807) is 12.1 Å². The molecule has 0 spiro atoms. The van der Waals surface area contributed by atoms with Gasteiger partial charge in [-0.15, -0.1) is 0 Å². The number of hydrogen-bond acceptors (Lipinski definition) is 4. The summed E-state index contributed by atoms with van der Waals surface area (Å²) >= 11 is 0. The third kappa shape index (κ3) is 2.14. The highest BCUT2D eigenvalue weighted by Crippen LogP contribution is 2.24. The molecule has 104 valence electrons. The number of nitrogen functional groups attached to an aromatic ring is 1. The molecule has 0 atom stereocenters. The predicted molar refractivity (Wildman–Crippen MR) is 80.9 cm³/mol. The molecule has 0 radical (unpaired) electrons. The van der Waals surface area contributed by atoms with Crippen LogP contribution in [0.3, 0.4) is 0 Å². The second-order valence-electron chi connectivity index (χ2n) is 4.61. The van der Waals surface area contributed by atoms with Crippen molar-refractivity contribution in [3.8, 4) is 11.1 Å². The molecule has 0 saturated heterocycles. The quantitative estimate of drug-likeness (QED) is 0.751. The van der Waals surface area contributed by atoms with E-state index in [1.807, 2.05) is 36.4 Å². The fourth-order valence-corrected chi connectivity index (χ4v) is 2.26. The van der Waals surface area contributed by atoms with Gasteiger partial charge in [0.2, 0.25) is 11.3 Å². The van der Waals surface area contributed by atoms with Crippen molar-refractivity contribution in [2.24, 2.45) is 5.73 Å². The van der Waals surface area contributed by atoms with E-state index in [0.29, 0.717) is 5.58 Å². The van der Waals surface area contributed by atoms with Crippen LogP contribution in [-0.4, -0.2) is 5.91 Å². The van der Waals surface area contributed by atoms with Crippen molar-refractivity contribution < 1.29 is 9.21 Å². The molecule has 1 amide bonds. The molecule has 4 N–H and O–H groups in total. The first-order valence-electron chi connectivity index (χ1n) is 6.29. The van der Waals surface area contributed by atoms with Gasteiger partial charge < -0.3 is 15.9 Å². The van der Waals surface area contributed by atoms with Gasteiger partial charge in [-0.3, -0.25) is 9.59 Å².